The molecule has 1 unspecified atom stereocenters. The van der Waals surface area contributed by atoms with Crippen LogP contribution in [0.2, 0.25) is 10.0 Å². The highest BCUT2D eigenvalue weighted by molar-refractivity contribution is 6.41. The summed E-state index contributed by atoms with van der Waals surface area (Å²) < 4.78 is 1.01. The maximum atomic E-state index is 12.2. The number of aromatic nitrogens is 2. The van der Waals surface area contributed by atoms with E-state index < -0.39 is 5.56 Å². The Morgan fingerprint density at radius 1 is 1.27 bits per heavy atom. The Bertz CT molecular complexity index is 739. The Morgan fingerprint density at radius 2 is 1.91 bits per heavy atom. The molecule has 4 nitrogen and oxygen atoms in total. The van der Waals surface area contributed by atoms with E-state index in [-0.39, 0.29) is 22.4 Å². The second-order valence-corrected chi connectivity index (χ2v) is 5.91. The van der Waals surface area contributed by atoms with Crippen LogP contribution in [0.3, 0.4) is 0 Å². The van der Waals surface area contributed by atoms with E-state index in [1.54, 1.807) is 12.1 Å². The maximum Gasteiger partial charge on any atom is 0.287 e. The molecule has 0 aliphatic heterocycles. The lowest BCUT2D eigenvalue weighted by Crippen LogP contribution is -2.27. The first-order valence-corrected chi connectivity index (χ1v) is 7.74. The number of rotatable bonds is 5. The quantitative estimate of drug-likeness (QED) is 0.775. The van der Waals surface area contributed by atoms with Crippen molar-refractivity contribution in [2.24, 2.45) is 0 Å². The first kappa shape index (κ1) is 16.7. The number of carbonyl (C=O) groups is 1. The lowest BCUT2D eigenvalue weighted by atomic mass is 9.97. The predicted molar refractivity (Wildman–Crippen MR) is 88.0 cm³/mol. The van der Waals surface area contributed by atoms with Crippen LogP contribution in [0.4, 0.5) is 0 Å². The monoisotopic (exact) mass is 338 g/mol. The lowest BCUT2D eigenvalue weighted by molar-refractivity contribution is 0.0965. The van der Waals surface area contributed by atoms with Gasteiger partial charge in [0.05, 0.1) is 11.2 Å². The van der Waals surface area contributed by atoms with Gasteiger partial charge >= 0.3 is 0 Å². The molecule has 0 N–H and O–H groups in total. The van der Waals surface area contributed by atoms with Crippen LogP contribution in [0.25, 0.3) is 0 Å². The van der Waals surface area contributed by atoms with Gasteiger partial charge in [0, 0.05) is 5.56 Å². The molecule has 0 saturated carbocycles. The van der Waals surface area contributed by atoms with Crippen LogP contribution in [0.5, 0.6) is 0 Å². The van der Waals surface area contributed by atoms with E-state index in [0.717, 1.165) is 11.1 Å². The van der Waals surface area contributed by atoms with Crippen molar-refractivity contribution in [2.45, 2.75) is 32.7 Å². The molecule has 0 aliphatic carbocycles. The fraction of sp³-hybridized carbons (Fsp3) is 0.312. The Hall–Kier alpha value is -1.65. The van der Waals surface area contributed by atoms with E-state index in [0.29, 0.717) is 11.5 Å². The number of nitrogens with zero attached hydrogens (tertiary/aromatic N) is 2. The SMILES string of the molecule is CCC(C)c1ccc(C(=O)Cn2ncc(Cl)c(Cl)c2=O)cc1. The third-order valence-corrected chi connectivity index (χ3v) is 4.40. The van der Waals surface area contributed by atoms with Gasteiger partial charge in [0.15, 0.2) is 5.78 Å². The minimum atomic E-state index is -0.571. The Balaban J connectivity index is 2.19. The second kappa shape index (κ2) is 7.07. The zero-order chi connectivity index (χ0) is 16.3. The Morgan fingerprint density at radius 3 is 2.50 bits per heavy atom. The van der Waals surface area contributed by atoms with Crippen molar-refractivity contribution < 1.29 is 4.79 Å². The van der Waals surface area contributed by atoms with Gasteiger partial charge in [-0.25, -0.2) is 4.68 Å². The molecular weight excluding hydrogens is 323 g/mol. The Labute approximate surface area is 138 Å². The van der Waals surface area contributed by atoms with E-state index in [1.165, 1.54) is 11.8 Å². The largest absolute Gasteiger partial charge is 0.292 e. The zero-order valence-corrected chi connectivity index (χ0v) is 13.9. The summed E-state index contributed by atoms with van der Waals surface area (Å²) in [6.07, 6.45) is 2.29. The number of halogens is 2. The molecule has 0 fully saturated rings. The molecule has 1 aromatic heterocycles. The third kappa shape index (κ3) is 3.57. The minimum Gasteiger partial charge on any atom is -0.292 e. The number of benzene rings is 1. The molecule has 0 amide bonds. The van der Waals surface area contributed by atoms with Gasteiger partial charge < -0.3 is 0 Å². The summed E-state index contributed by atoms with van der Waals surface area (Å²) in [4.78, 5) is 24.1. The molecule has 0 bridgehead atoms. The first-order valence-electron chi connectivity index (χ1n) is 6.98. The maximum absolute atomic E-state index is 12.2. The average Bonchev–Trinajstić information content (AvgIpc) is 2.54. The summed E-state index contributed by atoms with van der Waals surface area (Å²) in [5.74, 6) is 0.243. The summed E-state index contributed by atoms with van der Waals surface area (Å²) in [5, 5.41) is 3.78. The molecule has 0 aliphatic rings. The van der Waals surface area contributed by atoms with Gasteiger partial charge in [-0.15, -0.1) is 0 Å². The van der Waals surface area contributed by atoms with Crippen molar-refractivity contribution in [1.29, 1.82) is 0 Å². The fourth-order valence-electron chi connectivity index (χ4n) is 2.02. The average molecular weight is 339 g/mol. The zero-order valence-electron chi connectivity index (χ0n) is 12.3. The number of ketones is 1. The Kier molecular flexibility index (Phi) is 5.37. The molecule has 2 rings (SSSR count). The van der Waals surface area contributed by atoms with Crippen molar-refractivity contribution in [3.63, 3.8) is 0 Å². The van der Waals surface area contributed by atoms with Gasteiger partial charge in [-0.2, -0.15) is 5.10 Å². The van der Waals surface area contributed by atoms with Gasteiger partial charge in [-0.3, -0.25) is 9.59 Å². The molecule has 1 atom stereocenters. The smallest absolute Gasteiger partial charge is 0.287 e. The van der Waals surface area contributed by atoms with Crippen LogP contribution >= 0.6 is 23.2 Å². The van der Waals surface area contributed by atoms with E-state index in [1.807, 2.05) is 12.1 Å². The van der Waals surface area contributed by atoms with Gasteiger partial charge in [0.2, 0.25) is 0 Å². The highest BCUT2D eigenvalue weighted by Gasteiger charge is 2.13. The van der Waals surface area contributed by atoms with Gasteiger partial charge in [-0.1, -0.05) is 61.3 Å². The molecule has 116 valence electrons. The molecule has 1 heterocycles. The van der Waals surface area contributed by atoms with Crippen molar-refractivity contribution in [3.05, 3.63) is 62.0 Å². The first-order chi connectivity index (χ1) is 10.4. The number of carbonyl (C=O) groups excluding carboxylic acids is 1. The van der Waals surface area contributed by atoms with Crippen molar-refractivity contribution in [1.82, 2.24) is 9.78 Å². The third-order valence-electron chi connectivity index (χ3n) is 3.65. The fourth-order valence-corrected chi connectivity index (χ4v) is 2.29. The normalized spacial score (nSPS) is 12.2. The summed E-state index contributed by atoms with van der Waals surface area (Å²) in [5.41, 5.74) is 1.15. The molecule has 22 heavy (non-hydrogen) atoms. The van der Waals surface area contributed by atoms with Gasteiger partial charge in [0.1, 0.15) is 11.6 Å². The van der Waals surface area contributed by atoms with Crippen LogP contribution in [-0.2, 0) is 6.54 Å². The van der Waals surface area contributed by atoms with Crippen molar-refractivity contribution >= 4 is 29.0 Å². The van der Waals surface area contributed by atoms with Crippen LogP contribution < -0.4 is 5.56 Å². The van der Waals surface area contributed by atoms with Crippen LogP contribution in [0, 0.1) is 0 Å². The van der Waals surface area contributed by atoms with E-state index in [4.69, 9.17) is 23.2 Å². The van der Waals surface area contributed by atoms with Gasteiger partial charge in [0.25, 0.3) is 5.56 Å². The summed E-state index contributed by atoms with van der Waals surface area (Å²) >= 11 is 11.5. The highest BCUT2D eigenvalue weighted by Crippen LogP contribution is 2.19. The minimum absolute atomic E-state index is 0.0771. The van der Waals surface area contributed by atoms with E-state index in [9.17, 15) is 9.59 Å². The highest BCUT2D eigenvalue weighted by atomic mass is 35.5. The molecular formula is C16H16Cl2N2O2. The van der Waals surface area contributed by atoms with Crippen LogP contribution in [-0.4, -0.2) is 15.6 Å². The van der Waals surface area contributed by atoms with Crippen LogP contribution in [0.1, 0.15) is 42.1 Å². The van der Waals surface area contributed by atoms with E-state index >= 15 is 0 Å². The summed E-state index contributed by atoms with van der Waals surface area (Å²) in [7, 11) is 0. The van der Waals surface area contributed by atoms with Gasteiger partial charge in [-0.05, 0) is 17.9 Å². The lowest BCUT2D eigenvalue weighted by Gasteiger charge is -2.10. The molecule has 0 saturated heterocycles. The summed E-state index contributed by atoms with van der Waals surface area (Å²) in [6, 6.07) is 7.41. The molecule has 6 heteroatoms. The van der Waals surface area contributed by atoms with Crippen LogP contribution in [0.15, 0.2) is 35.3 Å². The standard InChI is InChI=1S/C16H16Cl2N2O2/c1-3-10(2)11-4-6-12(7-5-11)14(21)9-20-16(22)15(18)13(17)8-19-20/h4-8,10H,3,9H2,1-2H3. The van der Waals surface area contributed by atoms with Crippen molar-refractivity contribution in [2.75, 3.05) is 0 Å². The number of hydrogen-bond acceptors (Lipinski definition) is 3. The number of Topliss-reactive ketones (excluding diaryl/α,β-unsaturated/α-hetero) is 1. The molecule has 0 spiro atoms. The topological polar surface area (TPSA) is 52.0 Å². The number of hydrogen-bond donors (Lipinski definition) is 0. The molecule has 0 radical (unpaired) electrons. The van der Waals surface area contributed by atoms with Crippen molar-refractivity contribution in [3.8, 4) is 0 Å². The molecule has 2 aromatic rings. The second-order valence-electron chi connectivity index (χ2n) is 5.12. The van der Waals surface area contributed by atoms with E-state index in [2.05, 4.69) is 18.9 Å². The summed E-state index contributed by atoms with van der Waals surface area (Å²) in [6.45, 7) is 4.08. The molecule has 1 aromatic carbocycles. The predicted octanol–water partition coefficient (Wildman–Crippen LogP) is 3.95.